The van der Waals surface area contributed by atoms with Crippen molar-refractivity contribution in [2.75, 3.05) is 11.9 Å². The normalized spacial score (nSPS) is 10.7. The summed E-state index contributed by atoms with van der Waals surface area (Å²) in [5, 5.41) is 4.46. The standard InChI is InChI=1S/C13H18N6OS/c1-4-6-15-11-17-12(20-9(2)3)19-13(18-11)21-10-5-7-14-8-16-10/h5,7-9H,4,6H2,1-3H3,(H,15,17,18,19). The molecular weight excluding hydrogens is 288 g/mol. The van der Waals surface area contributed by atoms with Gasteiger partial charge in [0.05, 0.1) is 6.10 Å². The Balaban J connectivity index is 2.21. The number of anilines is 1. The molecule has 21 heavy (non-hydrogen) atoms. The molecule has 0 aromatic carbocycles. The first-order chi connectivity index (χ1) is 10.2. The van der Waals surface area contributed by atoms with Crippen molar-refractivity contribution in [3.63, 3.8) is 0 Å². The minimum atomic E-state index is 0.00308. The fourth-order valence-electron chi connectivity index (χ4n) is 1.40. The van der Waals surface area contributed by atoms with Gasteiger partial charge in [-0.05, 0) is 38.1 Å². The third-order valence-electron chi connectivity index (χ3n) is 2.22. The largest absolute Gasteiger partial charge is 0.461 e. The van der Waals surface area contributed by atoms with Crippen molar-refractivity contribution in [1.82, 2.24) is 24.9 Å². The number of nitrogens with one attached hydrogen (secondary N) is 1. The van der Waals surface area contributed by atoms with Gasteiger partial charge >= 0.3 is 6.01 Å². The molecule has 2 heterocycles. The van der Waals surface area contributed by atoms with Crippen LogP contribution in [-0.4, -0.2) is 37.6 Å². The molecule has 0 bridgehead atoms. The number of hydrogen-bond acceptors (Lipinski definition) is 8. The summed E-state index contributed by atoms with van der Waals surface area (Å²) in [5.41, 5.74) is 0. The summed E-state index contributed by atoms with van der Waals surface area (Å²) in [6.07, 6.45) is 4.16. The van der Waals surface area contributed by atoms with Crippen LogP contribution in [0.3, 0.4) is 0 Å². The van der Waals surface area contributed by atoms with Crippen LogP contribution >= 0.6 is 11.8 Å². The zero-order valence-corrected chi connectivity index (χ0v) is 13.1. The van der Waals surface area contributed by atoms with Crippen LogP contribution in [0.25, 0.3) is 0 Å². The molecule has 8 heteroatoms. The summed E-state index contributed by atoms with van der Waals surface area (Å²) in [6, 6.07) is 2.12. The molecule has 0 aliphatic carbocycles. The molecule has 0 aliphatic heterocycles. The van der Waals surface area contributed by atoms with Gasteiger partial charge in [-0.15, -0.1) is 0 Å². The highest BCUT2D eigenvalue weighted by Gasteiger charge is 2.10. The van der Waals surface area contributed by atoms with Crippen LogP contribution in [0, 0.1) is 0 Å². The van der Waals surface area contributed by atoms with Gasteiger partial charge in [0, 0.05) is 12.7 Å². The lowest BCUT2D eigenvalue weighted by Gasteiger charge is -2.10. The number of rotatable bonds is 7. The molecule has 0 radical (unpaired) electrons. The van der Waals surface area contributed by atoms with Gasteiger partial charge in [-0.25, -0.2) is 9.97 Å². The summed E-state index contributed by atoms with van der Waals surface area (Å²) in [5.74, 6) is 0.513. The highest BCUT2D eigenvalue weighted by Crippen LogP contribution is 2.24. The summed E-state index contributed by atoms with van der Waals surface area (Å²) in [6.45, 7) is 6.74. The van der Waals surface area contributed by atoms with E-state index in [0.29, 0.717) is 17.1 Å². The van der Waals surface area contributed by atoms with Gasteiger partial charge in [-0.1, -0.05) is 6.92 Å². The predicted molar refractivity (Wildman–Crippen MR) is 80.5 cm³/mol. The first-order valence-corrected chi connectivity index (χ1v) is 7.59. The van der Waals surface area contributed by atoms with Gasteiger partial charge in [0.1, 0.15) is 11.4 Å². The van der Waals surface area contributed by atoms with Crippen LogP contribution in [0.5, 0.6) is 6.01 Å². The molecule has 0 atom stereocenters. The highest BCUT2D eigenvalue weighted by atomic mass is 32.2. The average Bonchev–Trinajstić information content (AvgIpc) is 2.45. The van der Waals surface area contributed by atoms with E-state index in [9.17, 15) is 0 Å². The van der Waals surface area contributed by atoms with Crippen molar-refractivity contribution in [1.29, 1.82) is 0 Å². The molecule has 7 nitrogen and oxygen atoms in total. The number of nitrogens with zero attached hydrogens (tertiary/aromatic N) is 5. The van der Waals surface area contributed by atoms with Gasteiger partial charge in [0.2, 0.25) is 11.1 Å². The Kier molecular flexibility index (Phi) is 5.68. The van der Waals surface area contributed by atoms with Crippen LogP contribution in [0.1, 0.15) is 27.2 Å². The van der Waals surface area contributed by atoms with Crippen molar-refractivity contribution < 1.29 is 4.74 Å². The van der Waals surface area contributed by atoms with E-state index in [1.807, 2.05) is 13.8 Å². The molecule has 2 rings (SSSR count). The smallest absolute Gasteiger partial charge is 0.322 e. The monoisotopic (exact) mass is 306 g/mol. The summed E-state index contributed by atoms with van der Waals surface area (Å²) in [7, 11) is 0. The lowest BCUT2D eigenvalue weighted by molar-refractivity contribution is 0.219. The van der Waals surface area contributed by atoms with Gasteiger partial charge in [-0.3, -0.25) is 0 Å². The van der Waals surface area contributed by atoms with Crippen molar-refractivity contribution in [2.24, 2.45) is 0 Å². The molecule has 1 N–H and O–H groups in total. The zero-order valence-electron chi connectivity index (χ0n) is 12.3. The summed E-state index contributed by atoms with van der Waals surface area (Å²) >= 11 is 1.34. The van der Waals surface area contributed by atoms with Crippen LogP contribution in [0.15, 0.2) is 28.8 Å². The second-order valence-corrected chi connectivity index (χ2v) is 5.45. The fourth-order valence-corrected chi connectivity index (χ4v) is 2.07. The van der Waals surface area contributed by atoms with Gasteiger partial charge in [0.25, 0.3) is 0 Å². The van der Waals surface area contributed by atoms with Crippen molar-refractivity contribution >= 4 is 17.7 Å². The van der Waals surface area contributed by atoms with E-state index >= 15 is 0 Å². The van der Waals surface area contributed by atoms with E-state index in [1.54, 1.807) is 12.3 Å². The minimum absolute atomic E-state index is 0.00308. The van der Waals surface area contributed by atoms with Crippen molar-refractivity contribution in [3.8, 4) is 6.01 Å². The van der Waals surface area contributed by atoms with E-state index in [4.69, 9.17) is 4.74 Å². The Morgan fingerprint density at radius 3 is 2.81 bits per heavy atom. The minimum Gasteiger partial charge on any atom is -0.461 e. The second kappa shape index (κ2) is 7.72. The molecule has 0 spiro atoms. The maximum Gasteiger partial charge on any atom is 0.322 e. The van der Waals surface area contributed by atoms with E-state index in [0.717, 1.165) is 18.0 Å². The Hall–Kier alpha value is -1.96. The zero-order chi connectivity index (χ0) is 15.1. The Morgan fingerprint density at radius 2 is 2.14 bits per heavy atom. The second-order valence-electron chi connectivity index (χ2n) is 4.47. The Bertz CT molecular complexity index is 566. The SMILES string of the molecule is CCCNc1nc(OC(C)C)nc(Sc2ccncn2)n1. The molecule has 0 saturated carbocycles. The third kappa shape index (κ3) is 5.14. The van der Waals surface area contributed by atoms with E-state index in [2.05, 4.69) is 37.2 Å². The summed E-state index contributed by atoms with van der Waals surface area (Å²) in [4.78, 5) is 20.9. The highest BCUT2D eigenvalue weighted by molar-refractivity contribution is 7.99. The maximum absolute atomic E-state index is 5.56. The molecule has 0 amide bonds. The molecule has 2 aromatic rings. The quantitative estimate of drug-likeness (QED) is 0.781. The molecule has 0 fully saturated rings. The Labute approximate surface area is 128 Å². The summed E-state index contributed by atoms with van der Waals surface area (Å²) < 4.78 is 5.56. The van der Waals surface area contributed by atoms with Crippen LogP contribution in [0.2, 0.25) is 0 Å². The number of ether oxygens (including phenoxy) is 1. The van der Waals surface area contributed by atoms with Crippen LogP contribution < -0.4 is 10.1 Å². The number of aromatic nitrogens is 5. The van der Waals surface area contributed by atoms with E-state index in [1.165, 1.54) is 18.1 Å². The topological polar surface area (TPSA) is 85.7 Å². The first kappa shape index (κ1) is 15.4. The van der Waals surface area contributed by atoms with Gasteiger partial charge in [0.15, 0.2) is 0 Å². The lowest BCUT2D eigenvalue weighted by Crippen LogP contribution is -2.12. The molecule has 0 saturated heterocycles. The average molecular weight is 306 g/mol. The molecule has 0 unspecified atom stereocenters. The van der Waals surface area contributed by atoms with Crippen molar-refractivity contribution in [3.05, 3.63) is 18.6 Å². The van der Waals surface area contributed by atoms with E-state index in [-0.39, 0.29) is 6.10 Å². The van der Waals surface area contributed by atoms with Crippen LogP contribution in [-0.2, 0) is 0 Å². The molecule has 2 aromatic heterocycles. The third-order valence-corrected chi connectivity index (χ3v) is 3.04. The number of hydrogen-bond donors (Lipinski definition) is 1. The first-order valence-electron chi connectivity index (χ1n) is 6.78. The van der Waals surface area contributed by atoms with Gasteiger partial charge in [-0.2, -0.15) is 15.0 Å². The molecule has 0 aliphatic rings. The van der Waals surface area contributed by atoms with Gasteiger partial charge < -0.3 is 10.1 Å². The molecular formula is C13H18N6OS. The molecule has 112 valence electrons. The fraction of sp³-hybridized carbons (Fsp3) is 0.462. The van der Waals surface area contributed by atoms with Crippen LogP contribution in [0.4, 0.5) is 5.95 Å². The maximum atomic E-state index is 5.56. The Morgan fingerprint density at radius 1 is 1.29 bits per heavy atom. The predicted octanol–water partition coefficient (Wildman–Crippen LogP) is 2.42. The van der Waals surface area contributed by atoms with Crippen molar-refractivity contribution in [2.45, 2.75) is 43.5 Å². The van der Waals surface area contributed by atoms with E-state index < -0.39 is 0 Å². The lowest BCUT2D eigenvalue weighted by atomic mass is 10.5.